The number of hydrogen-bond acceptors (Lipinski definition) is 8. The van der Waals surface area contributed by atoms with Crippen molar-refractivity contribution in [1.29, 1.82) is 0 Å². The molecule has 3 rings (SSSR count). The highest BCUT2D eigenvalue weighted by Gasteiger charge is 2.35. The van der Waals surface area contributed by atoms with Crippen LogP contribution in [0.5, 0.6) is 11.5 Å². The Balaban J connectivity index is 2.07. The molecule has 3 aromatic rings. The van der Waals surface area contributed by atoms with E-state index in [0.29, 0.717) is 5.82 Å². The normalized spacial score (nSPS) is 13.1. The van der Waals surface area contributed by atoms with Crippen molar-refractivity contribution >= 4 is 21.6 Å². The highest BCUT2D eigenvalue weighted by atomic mass is 32.2. The molecular weight excluding hydrogens is 470 g/mol. The number of sulfonamides is 1. The zero-order chi connectivity index (χ0) is 25.8. The fraction of sp³-hybridized carbons (Fsp3) is 0.333. The van der Waals surface area contributed by atoms with Gasteiger partial charge in [0.2, 0.25) is 10.0 Å². The first kappa shape index (κ1) is 26.0. The number of ether oxygens (including phenoxy) is 2. The Kier molecular flexibility index (Phi) is 8.03. The summed E-state index contributed by atoms with van der Waals surface area (Å²) in [7, 11) is -1.30. The number of carbonyl (C=O) groups is 1. The lowest BCUT2D eigenvalue weighted by Crippen LogP contribution is -2.50. The number of anilines is 1. The van der Waals surface area contributed by atoms with Crippen LogP contribution in [-0.2, 0) is 10.0 Å². The van der Waals surface area contributed by atoms with Gasteiger partial charge in [-0.2, -0.15) is 0 Å². The van der Waals surface area contributed by atoms with E-state index < -0.39 is 27.1 Å². The number of hydrogen-bond donors (Lipinski definition) is 1. The van der Waals surface area contributed by atoms with Gasteiger partial charge in [-0.25, -0.2) is 23.4 Å². The summed E-state index contributed by atoms with van der Waals surface area (Å²) in [6.45, 7) is 6.88. The maximum Gasteiger partial charge on any atom is 0.275 e. The summed E-state index contributed by atoms with van der Waals surface area (Å²) in [5.41, 5.74) is 1.90. The first-order chi connectivity index (χ1) is 16.6. The van der Waals surface area contributed by atoms with Gasteiger partial charge >= 0.3 is 0 Å². The number of aromatic nitrogens is 3. The van der Waals surface area contributed by atoms with E-state index in [1.807, 2.05) is 6.92 Å². The van der Waals surface area contributed by atoms with E-state index in [2.05, 4.69) is 19.8 Å². The predicted octanol–water partition coefficient (Wildman–Crippen LogP) is 3.18. The fourth-order valence-electron chi connectivity index (χ4n) is 3.37. The first-order valence-electron chi connectivity index (χ1n) is 10.9. The number of pyridine rings is 1. The average molecular weight is 500 g/mol. The predicted molar refractivity (Wildman–Crippen MR) is 132 cm³/mol. The van der Waals surface area contributed by atoms with Crippen molar-refractivity contribution in [3.8, 4) is 11.5 Å². The molecule has 2 heterocycles. The van der Waals surface area contributed by atoms with Gasteiger partial charge < -0.3 is 9.47 Å². The Morgan fingerprint density at radius 1 is 0.971 bits per heavy atom. The van der Waals surface area contributed by atoms with Crippen molar-refractivity contribution < 1.29 is 22.7 Å². The SMILES string of the molecule is COc1cccc(OC)c1N(NS(=O)(=O)[C@H](C)[C@H](C)c1ncc(C)cn1)C(=O)c1cncc(C)c1. The number of methoxy groups -OCH3 is 2. The lowest BCUT2D eigenvalue weighted by atomic mass is 10.1. The molecule has 0 unspecified atom stereocenters. The van der Waals surface area contributed by atoms with Crippen LogP contribution in [0.4, 0.5) is 5.69 Å². The smallest absolute Gasteiger partial charge is 0.275 e. The molecule has 0 bridgehead atoms. The number of nitrogens with one attached hydrogen (secondary N) is 1. The third-order valence-electron chi connectivity index (χ3n) is 5.57. The maximum absolute atomic E-state index is 13.6. The topological polar surface area (TPSA) is 124 Å². The summed E-state index contributed by atoms with van der Waals surface area (Å²) in [5.74, 6) is -0.361. The second-order valence-electron chi connectivity index (χ2n) is 8.15. The molecule has 0 saturated carbocycles. The van der Waals surface area contributed by atoms with Crippen LogP contribution < -0.4 is 19.3 Å². The molecule has 10 nitrogen and oxygen atoms in total. The van der Waals surface area contributed by atoms with Crippen LogP contribution in [0.1, 0.15) is 47.1 Å². The van der Waals surface area contributed by atoms with Crippen molar-refractivity contribution in [1.82, 2.24) is 19.8 Å². The third kappa shape index (κ3) is 5.75. The van der Waals surface area contributed by atoms with Gasteiger partial charge in [-0.3, -0.25) is 9.78 Å². The number of para-hydroxylation sites is 1. The van der Waals surface area contributed by atoms with Gasteiger partial charge in [0.1, 0.15) is 23.0 Å². The molecule has 0 fully saturated rings. The molecule has 0 aliphatic heterocycles. The molecule has 2 aromatic heterocycles. The minimum Gasteiger partial charge on any atom is -0.494 e. The summed E-state index contributed by atoms with van der Waals surface area (Å²) < 4.78 is 38.0. The number of carbonyl (C=O) groups excluding carboxylic acids is 1. The van der Waals surface area contributed by atoms with Gasteiger partial charge in [0.05, 0.1) is 25.0 Å². The van der Waals surface area contributed by atoms with Crippen LogP contribution in [0.25, 0.3) is 0 Å². The first-order valence-corrected chi connectivity index (χ1v) is 12.4. The monoisotopic (exact) mass is 499 g/mol. The lowest BCUT2D eigenvalue weighted by Gasteiger charge is -2.29. The van der Waals surface area contributed by atoms with Gasteiger partial charge in [-0.15, -0.1) is 4.83 Å². The molecule has 0 spiro atoms. The molecule has 0 aliphatic rings. The van der Waals surface area contributed by atoms with E-state index >= 15 is 0 Å². The molecule has 2 atom stereocenters. The van der Waals surface area contributed by atoms with Crippen LogP contribution in [0, 0.1) is 13.8 Å². The van der Waals surface area contributed by atoms with Gasteiger partial charge in [0.15, 0.2) is 0 Å². The lowest BCUT2D eigenvalue weighted by molar-refractivity contribution is 0.0979. The van der Waals surface area contributed by atoms with Crippen molar-refractivity contribution in [3.05, 3.63) is 71.6 Å². The number of amides is 1. The van der Waals surface area contributed by atoms with Crippen LogP contribution in [0.3, 0.4) is 0 Å². The zero-order valence-electron chi connectivity index (χ0n) is 20.5. The second kappa shape index (κ2) is 10.8. The maximum atomic E-state index is 13.6. The largest absolute Gasteiger partial charge is 0.494 e. The minimum atomic E-state index is -4.13. The molecule has 0 saturated heterocycles. The number of aryl methyl sites for hydroxylation is 2. The van der Waals surface area contributed by atoms with Crippen molar-refractivity contribution in [2.75, 3.05) is 19.2 Å². The van der Waals surface area contributed by atoms with Gasteiger partial charge in [-0.05, 0) is 50.1 Å². The number of hydrazine groups is 1. The molecule has 35 heavy (non-hydrogen) atoms. The van der Waals surface area contributed by atoms with Crippen LogP contribution in [0.2, 0.25) is 0 Å². The molecule has 186 valence electrons. The fourth-order valence-corrected chi connectivity index (χ4v) is 4.62. The van der Waals surface area contributed by atoms with E-state index in [1.54, 1.807) is 56.7 Å². The Bertz CT molecular complexity index is 1280. The van der Waals surface area contributed by atoms with Crippen LogP contribution >= 0.6 is 0 Å². The Labute approximate surface area is 205 Å². The Morgan fingerprint density at radius 2 is 1.57 bits per heavy atom. The Hall–Kier alpha value is -3.57. The summed E-state index contributed by atoms with van der Waals surface area (Å²) in [6, 6.07) is 6.50. The van der Waals surface area contributed by atoms with E-state index in [9.17, 15) is 13.2 Å². The van der Waals surface area contributed by atoms with Crippen molar-refractivity contribution in [3.63, 3.8) is 0 Å². The van der Waals surface area contributed by atoms with Gasteiger partial charge in [0.25, 0.3) is 5.91 Å². The van der Waals surface area contributed by atoms with E-state index in [4.69, 9.17) is 9.47 Å². The molecule has 1 amide bonds. The molecule has 11 heteroatoms. The second-order valence-corrected chi connectivity index (χ2v) is 10.2. The molecule has 0 radical (unpaired) electrons. The van der Waals surface area contributed by atoms with Crippen LogP contribution in [-0.4, -0.2) is 48.7 Å². The number of benzene rings is 1. The number of rotatable bonds is 9. The van der Waals surface area contributed by atoms with Crippen molar-refractivity contribution in [2.45, 2.75) is 38.9 Å². The highest BCUT2D eigenvalue weighted by Crippen LogP contribution is 2.38. The summed E-state index contributed by atoms with van der Waals surface area (Å²) in [6.07, 6.45) is 6.22. The zero-order valence-corrected chi connectivity index (χ0v) is 21.3. The molecule has 1 N–H and O–H groups in total. The highest BCUT2D eigenvalue weighted by molar-refractivity contribution is 7.90. The number of nitrogens with zero attached hydrogens (tertiary/aromatic N) is 4. The molecule has 1 aromatic carbocycles. The third-order valence-corrected chi connectivity index (χ3v) is 7.39. The van der Waals surface area contributed by atoms with E-state index in [-0.39, 0.29) is 22.7 Å². The summed E-state index contributed by atoms with van der Waals surface area (Å²) in [4.78, 5) is 28.7. The Morgan fingerprint density at radius 3 is 2.11 bits per heavy atom. The minimum absolute atomic E-state index is 0.110. The molecule has 0 aliphatic carbocycles. The quantitative estimate of drug-likeness (QED) is 0.445. The van der Waals surface area contributed by atoms with Crippen molar-refractivity contribution in [2.24, 2.45) is 0 Å². The summed E-state index contributed by atoms with van der Waals surface area (Å²) in [5, 5.41) is -0.0697. The molecular formula is C24H29N5O5S. The average Bonchev–Trinajstić information content (AvgIpc) is 2.86. The van der Waals surface area contributed by atoms with E-state index in [1.165, 1.54) is 27.3 Å². The van der Waals surface area contributed by atoms with Crippen LogP contribution in [0.15, 0.2) is 49.1 Å². The van der Waals surface area contributed by atoms with Gasteiger partial charge in [0, 0.05) is 30.7 Å². The standard InChI is InChI=1S/C24H29N5O5S/c1-15-10-19(14-25-11-15)24(30)29(22-20(33-5)8-7-9-21(22)34-6)28-35(31,32)18(4)17(3)23-26-12-16(2)13-27-23/h7-14,17-18,28H,1-6H3/t17-,18+/m0/s1. The van der Waals surface area contributed by atoms with Gasteiger partial charge in [-0.1, -0.05) is 13.0 Å². The van der Waals surface area contributed by atoms with E-state index in [0.717, 1.165) is 16.1 Å². The summed E-state index contributed by atoms with van der Waals surface area (Å²) >= 11 is 0.